The van der Waals surface area contributed by atoms with Crippen LogP contribution in [0.4, 0.5) is 0 Å². The molecule has 0 amide bonds. The molecule has 2 aromatic rings. The van der Waals surface area contributed by atoms with Crippen molar-refractivity contribution in [1.82, 2.24) is 4.98 Å². The standard InChI is InChI=1S/C17H19NO3/c1-17(2,3)12-8-6-11(7-9-12)15-18-13(10-4-5-10)14(21-15)16(19)20/h6-10H,4-5H2,1-3H3,(H,19,20). The quantitative estimate of drug-likeness (QED) is 0.917. The fraction of sp³-hybridized carbons (Fsp3) is 0.412. The first kappa shape index (κ1) is 13.9. The van der Waals surface area contributed by atoms with Gasteiger partial charge in [0, 0.05) is 11.5 Å². The monoisotopic (exact) mass is 285 g/mol. The molecule has 1 N–H and O–H groups in total. The zero-order chi connectivity index (χ0) is 15.2. The number of rotatable bonds is 3. The molecular formula is C17H19NO3. The first-order valence-electron chi connectivity index (χ1n) is 7.21. The van der Waals surface area contributed by atoms with E-state index in [1.54, 1.807) is 0 Å². The van der Waals surface area contributed by atoms with Crippen molar-refractivity contribution in [2.24, 2.45) is 0 Å². The van der Waals surface area contributed by atoms with Gasteiger partial charge in [-0.2, -0.15) is 0 Å². The van der Waals surface area contributed by atoms with E-state index < -0.39 is 5.97 Å². The molecule has 110 valence electrons. The predicted octanol–water partition coefficient (Wildman–Crippen LogP) is 4.21. The van der Waals surface area contributed by atoms with E-state index in [1.165, 1.54) is 5.56 Å². The van der Waals surface area contributed by atoms with Gasteiger partial charge in [0.05, 0.1) is 5.69 Å². The Bertz CT molecular complexity index is 673. The normalized spacial score (nSPS) is 15.2. The number of carbonyl (C=O) groups is 1. The molecule has 0 saturated heterocycles. The first-order valence-corrected chi connectivity index (χ1v) is 7.21. The maximum Gasteiger partial charge on any atom is 0.373 e. The fourth-order valence-corrected chi connectivity index (χ4v) is 2.35. The van der Waals surface area contributed by atoms with Gasteiger partial charge in [-0.1, -0.05) is 32.9 Å². The molecule has 1 aliphatic rings. The highest BCUT2D eigenvalue weighted by Crippen LogP contribution is 2.42. The van der Waals surface area contributed by atoms with Gasteiger partial charge in [0.15, 0.2) is 0 Å². The van der Waals surface area contributed by atoms with Crippen LogP contribution in [0.5, 0.6) is 0 Å². The number of carboxylic acids is 1. The minimum atomic E-state index is -1.04. The van der Waals surface area contributed by atoms with Gasteiger partial charge in [0.2, 0.25) is 11.7 Å². The fourth-order valence-electron chi connectivity index (χ4n) is 2.35. The highest BCUT2D eigenvalue weighted by Gasteiger charge is 2.33. The van der Waals surface area contributed by atoms with Crippen LogP contribution < -0.4 is 0 Å². The van der Waals surface area contributed by atoms with Crippen LogP contribution >= 0.6 is 0 Å². The molecule has 3 rings (SSSR count). The van der Waals surface area contributed by atoms with Crippen LogP contribution in [-0.4, -0.2) is 16.1 Å². The Balaban J connectivity index is 1.97. The summed E-state index contributed by atoms with van der Waals surface area (Å²) < 4.78 is 5.48. The predicted molar refractivity (Wildman–Crippen MR) is 79.6 cm³/mol. The molecule has 1 aromatic heterocycles. The van der Waals surface area contributed by atoms with Crippen LogP contribution in [0, 0.1) is 0 Å². The van der Waals surface area contributed by atoms with Crippen LogP contribution in [0.15, 0.2) is 28.7 Å². The molecule has 1 fully saturated rings. The topological polar surface area (TPSA) is 63.3 Å². The molecule has 1 heterocycles. The van der Waals surface area contributed by atoms with Crippen LogP contribution in [-0.2, 0) is 5.41 Å². The average Bonchev–Trinajstić information content (AvgIpc) is 3.16. The number of oxazole rings is 1. The summed E-state index contributed by atoms with van der Waals surface area (Å²) >= 11 is 0. The smallest absolute Gasteiger partial charge is 0.373 e. The van der Waals surface area contributed by atoms with Gasteiger partial charge in [-0.25, -0.2) is 9.78 Å². The zero-order valence-electron chi connectivity index (χ0n) is 12.5. The summed E-state index contributed by atoms with van der Waals surface area (Å²) in [5.41, 5.74) is 2.72. The lowest BCUT2D eigenvalue weighted by Crippen LogP contribution is -2.10. The summed E-state index contributed by atoms with van der Waals surface area (Å²) in [4.78, 5) is 15.7. The van der Waals surface area contributed by atoms with Gasteiger partial charge in [0.25, 0.3) is 0 Å². The number of aromatic carboxylic acids is 1. The van der Waals surface area contributed by atoms with E-state index in [0.29, 0.717) is 11.6 Å². The molecule has 4 heteroatoms. The molecule has 4 nitrogen and oxygen atoms in total. The minimum absolute atomic E-state index is 0.00704. The molecule has 1 aromatic carbocycles. The molecular weight excluding hydrogens is 266 g/mol. The van der Waals surface area contributed by atoms with Gasteiger partial charge >= 0.3 is 5.97 Å². The summed E-state index contributed by atoms with van der Waals surface area (Å²) in [5, 5.41) is 9.22. The Morgan fingerprint density at radius 1 is 1.24 bits per heavy atom. The van der Waals surface area contributed by atoms with Crippen molar-refractivity contribution < 1.29 is 14.3 Å². The third-order valence-electron chi connectivity index (χ3n) is 3.81. The lowest BCUT2D eigenvalue weighted by atomic mass is 9.87. The summed E-state index contributed by atoms with van der Waals surface area (Å²) in [7, 11) is 0. The van der Waals surface area contributed by atoms with E-state index in [9.17, 15) is 9.90 Å². The van der Waals surface area contributed by atoms with Gasteiger partial charge in [0.1, 0.15) is 0 Å². The molecule has 0 radical (unpaired) electrons. The zero-order valence-corrected chi connectivity index (χ0v) is 12.5. The van der Waals surface area contributed by atoms with Crippen molar-refractivity contribution in [2.45, 2.75) is 44.9 Å². The van der Waals surface area contributed by atoms with Crippen molar-refractivity contribution in [1.29, 1.82) is 0 Å². The van der Waals surface area contributed by atoms with E-state index in [-0.39, 0.29) is 17.1 Å². The number of nitrogens with zero attached hydrogens (tertiary/aromatic N) is 1. The van der Waals surface area contributed by atoms with Crippen LogP contribution in [0.1, 0.15) is 61.3 Å². The second-order valence-corrected chi connectivity index (χ2v) is 6.64. The summed E-state index contributed by atoms with van der Waals surface area (Å²) in [6, 6.07) is 7.96. The Morgan fingerprint density at radius 3 is 2.33 bits per heavy atom. The SMILES string of the molecule is CC(C)(C)c1ccc(-c2nc(C3CC3)c(C(=O)O)o2)cc1. The lowest BCUT2D eigenvalue weighted by Gasteiger charge is -2.18. The summed E-state index contributed by atoms with van der Waals surface area (Å²) in [6.45, 7) is 6.46. The van der Waals surface area contributed by atoms with E-state index in [1.807, 2.05) is 24.3 Å². The maximum absolute atomic E-state index is 11.3. The lowest BCUT2D eigenvalue weighted by molar-refractivity contribution is 0.0661. The largest absolute Gasteiger partial charge is 0.475 e. The van der Waals surface area contributed by atoms with E-state index in [0.717, 1.165) is 18.4 Å². The molecule has 21 heavy (non-hydrogen) atoms. The molecule has 1 saturated carbocycles. The van der Waals surface area contributed by atoms with Crippen molar-refractivity contribution in [3.63, 3.8) is 0 Å². The number of aromatic nitrogens is 1. The Hall–Kier alpha value is -2.10. The van der Waals surface area contributed by atoms with Crippen LogP contribution in [0.3, 0.4) is 0 Å². The highest BCUT2D eigenvalue weighted by atomic mass is 16.4. The van der Waals surface area contributed by atoms with Crippen molar-refractivity contribution in [3.05, 3.63) is 41.3 Å². The molecule has 1 aliphatic carbocycles. The average molecular weight is 285 g/mol. The third kappa shape index (κ3) is 2.71. The van der Waals surface area contributed by atoms with Crippen LogP contribution in [0.2, 0.25) is 0 Å². The second-order valence-electron chi connectivity index (χ2n) is 6.64. The van der Waals surface area contributed by atoms with Gasteiger partial charge < -0.3 is 9.52 Å². The van der Waals surface area contributed by atoms with Crippen molar-refractivity contribution in [2.75, 3.05) is 0 Å². The van der Waals surface area contributed by atoms with Crippen molar-refractivity contribution >= 4 is 5.97 Å². The Morgan fingerprint density at radius 2 is 1.86 bits per heavy atom. The van der Waals surface area contributed by atoms with Gasteiger partial charge in [-0.15, -0.1) is 0 Å². The van der Waals surface area contributed by atoms with E-state index >= 15 is 0 Å². The maximum atomic E-state index is 11.3. The van der Waals surface area contributed by atoms with Crippen molar-refractivity contribution in [3.8, 4) is 11.5 Å². The molecule has 0 unspecified atom stereocenters. The molecule has 0 bridgehead atoms. The third-order valence-corrected chi connectivity index (χ3v) is 3.81. The molecule has 0 aliphatic heterocycles. The summed E-state index contributed by atoms with van der Waals surface area (Å²) in [5.74, 6) is -0.397. The second kappa shape index (κ2) is 4.72. The number of hydrogen-bond donors (Lipinski definition) is 1. The Kier molecular flexibility index (Phi) is 3.12. The minimum Gasteiger partial charge on any atom is -0.475 e. The first-order chi connectivity index (χ1) is 9.86. The van der Waals surface area contributed by atoms with E-state index in [2.05, 4.69) is 25.8 Å². The number of hydrogen-bond acceptors (Lipinski definition) is 3. The summed E-state index contributed by atoms with van der Waals surface area (Å²) in [6.07, 6.45) is 1.99. The number of carboxylic acid groups (broad SMARTS) is 1. The number of benzene rings is 1. The molecule has 0 atom stereocenters. The van der Waals surface area contributed by atoms with E-state index in [4.69, 9.17) is 4.42 Å². The van der Waals surface area contributed by atoms with Gasteiger partial charge in [-0.05, 0) is 36.0 Å². The van der Waals surface area contributed by atoms with Crippen LogP contribution in [0.25, 0.3) is 11.5 Å². The Labute approximate surface area is 123 Å². The molecule has 0 spiro atoms. The van der Waals surface area contributed by atoms with Gasteiger partial charge in [-0.3, -0.25) is 0 Å². The highest BCUT2D eigenvalue weighted by molar-refractivity contribution is 5.86.